The van der Waals surface area contributed by atoms with Crippen LogP contribution >= 0.6 is 0 Å². The number of amides is 2. The van der Waals surface area contributed by atoms with E-state index in [1.807, 2.05) is 66.7 Å². The first-order valence-corrected chi connectivity index (χ1v) is 17.8. The van der Waals surface area contributed by atoms with Crippen molar-refractivity contribution >= 4 is 34.3 Å². The summed E-state index contributed by atoms with van der Waals surface area (Å²) in [6.07, 6.45) is 3.49. The molecule has 0 unspecified atom stereocenters. The minimum Gasteiger partial charge on any atom is -0.506 e. The van der Waals surface area contributed by atoms with Crippen LogP contribution in [0.2, 0.25) is 0 Å². The fourth-order valence-electron chi connectivity index (χ4n) is 6.60. The summed E-state index contributed by atoms with van der Waals surface area (Å²) >= 11 is 0. The third kappa shape index (κ3) is 9.64. The second-order valence-electron chi connectivity index (χ2n) is 13.3. The van der Waals surface area contributed by atoms with Crippen molar-refractivity contribution < 1.29 is 24.5 Å². The predicted molar refractivity (Wildman–Crippen MR) is 203 cm³/mol. The molecule has 0 saturated heterocycles. The Balaban J connectivity index is 0.969. The average Bonchev–Trinajstić information content (AvgIpc) is 3.14. The summed E-state index contributed by atoms with van der Waals surface area (Å²) in [5.41, 5.74) is 11.8. The van der Waals surface area contributed by atoms with Crippen LogP contribution in [0.3, 0.4) is 0 Å². The molecule has 8 N–H and O–H groups in total. The van der Waals surface area contributed by atoms with E-state index >= 15 is 0 Å². The topological polar surface area (TPSA) is 179 Å². The van der Waals surface area contributed by atoms with Gasteiger partial charge in [-0.05, 0) is 97.2 Å². The van der Waals surface area contributed by atoms with Crippen LogP contribution in [0.5, 0.6) is 5.75 Å². The quantitative estimate of drug-likeness (QED) is 0.0726. The Bertz CT molecular complexity index is 2040. The Morgan fingerprint density at radius 1 is 0.885 bits per heavy atom. The molecule has 0 aliphatic heterocycles. The smallest absolute Gasteiger partial charge is 0.411 e. The summed E-state index contributed by atoms with van der Waals surface area (Å²) < 4.78 is 5.69. The van der Waals surface area contributed by atoms with Gasteiger partial charge in [0.2, 0.25) is 11.5 Å². The molecular formula is C41H45N5O6. The summed E-state index contributed by atoms with van der Waals surface area (Å²) in [7, 11) is 0. The monoisotopic (exact) mass is 703 g/mol. The fraction of sp³-hybridized carbons (Fsp3) is 0.293. The highest BCUT2D eigenvalue weighted by Crippen LogP contribution is 2.31. The number of aromatic nitrogens is 1. The molecule has 270 valence electrons. The van der Waals surface area contributed by atoms with E-state index in [0.717, 1.165) is 47.9 Å². The SMILES string of the molecule is NC1CCC(OC(=O)Nc2ccc(CCCC(=O)Nc3ccc(CNC[C@H](O)c4ccc(O)c5[nH]c(=O)ccc45)cc3)cc2-c2ccccc2)CC1. The second-order valence-corrected chi connectivity index (χ2v) is 13.3. The Kier molecular flexibility index (Phi) is 12.0. The van der Waals surface area contributed by atoms with Gasteiger partial charge in [-0.15, -0.1) is 0 Å². The number of aromatic amines is 1. The number of fused-ring (bicyclic) bond motifs is 1. The van der Waals surface area contributed by atoms with Gasteiger partial charge in [-0.3, -0.25) is 14.9 Å². The molecule has 6 rings (SSSR count). The van der Waals surface area contributed by atoms with Gasteiger partial charge >= 0.3 is 6.09 Å². The molecule has 52 heavy (non-hydrogen) atoms. The van der Waals surface area contributed by atoms with Crippen molar-refractivity contribution in [2.24, 2.45) is 5.73 Å². The highest BCUT2D eigenvalue weighted by Gasteiger charge is 2.22. The van der Waals surface area contributed by atoms with Crippen LogP contribution in [0.1, 0.15) is 61.3 Å². The number of pyridine rings is 1. The molecule has 1 aliphatic carbocycles. The standard InChI is InChI=1S/C41H45N5O6/c42-29-12-16-31(17-13-29)52-41(51)45-35-20-11-26(23-34(35)28-6-2-1-3-7-28)5-4-8-38(49)44-30-14-9-27(10-15-30)24-43-25-37(48)32-18-21-36(47)40-33(32)19-22-39(50)46-40/h1-3,6-7,9-11,14-15,18-23,29,31,37,43,47-48H,4-5,8,12-13,16-17,24-25,42H2,(H,44,49)(H,45,51)(H,46,50)/t29?,31?,37-/m0/s1. The Hall–Kier alpha value is -5.49. The van der Waals surface area contributed by atoms with E-state index in [2.05, 4.69) is 27.0 Å². The molecule has 1 atom stereocenters. The number of aryl methyl sites for hydroxylation is 1. The van der Waals surface area contributed by atoms with Gasteiger partial charge in [-0.25, -0.2) is 4.79 Å². The van der Waals surface area contributed by atoms with Crippen LogP contribution in [0.25, 0.3) is 22.0 Å². The number of hydrogen-bond acceptors (Lipinski definition) is 8. The molecule has 0 radical (unpaired) electrons. The zero-order valence-corrected chi connectivity index (χ0v) is 28.9. The highest BCUT2D eigenvalue weighted by molar-refractivity contribution is 5.92. The molecule has 1 aromatic heterocycles. The lowest BCUT2D eigenvalue weighted by atomic mass is 9.94. The minimum absolute atomic E-state index is 0.0537. The summed E-state index contributed by atoms with van der Waals surface area (Å²) in [5, 5.41) is 30.6. The number of phenols is 1. The van der Waals surface area contributed by atoms with Crippen molar-refractivity contribution in [1.29, 1.82) is 0 Å². The molecule has 11 nitrogen and oxygen atoms in total. The number of nitrogens with one attached hydrogen (secondary N) is 4. The number of aromatic hydroxyl groups is 1. The molecule has 1 heterocycles. The third-order valence-electron chi connectivity index (χ3n) is 9.44. The molecule has 1 fully saturated rings. The van der Waals surface area contributed by atoms with Gasteiger partial charge in [0.25, 0.3) is 0 Å². The molecule has 4 aromatic carbocycles. The van der Waals surface area contributed by atoms with E-state index in [4.69, 9.17) is 10.5 Å². The van der Waals surface area contributed by atoms with E-state index in [0.29, 0.717) is 53.6 Å². The van der Waals surface area contributed by atoms with Crippen molar-refractivity contribution in [1.82, 2.24) is 10.3 Å². The van der Waals surface area contributed by atoms with Crippen molar-refractivity contribution in [2.45, 2.75) is 69.7 Å². The van der Waals surface area contributed by atoms with Crippen LogP contribution in [0, 0.1) is 0 Å². The molecule has 2 amide bonds. The summed E-state index contributed by atoms with van der Waals surface area (Å²) in [6.45, 7) is 0.751. The number of ether oxygens (including phenoxy) is 1. The molecule has 11 heteroatoms. The van der Waals surface area contributed by atoms with Crippen LogP contribution in [-0.4, -0.2) is 45.9 Å². The average molecular weight is 704 g/mol. The highest BCUT2D eigenvalue weighted by atomic mass is 16.6. The number of benzene rings is 4. The predicted octanol–water partition coefficient (Wildman–Crippen LogP) is 6.50. The molecule has 0 bridgehead atoms. The first kappa shape index (κ1) is 36.3. The molecule has 0 spiro atoms. The lowest BCUT2D eigenvalue weighted by Crippen LogP contribution is -2.32. The zero-order chi connectivity index (χ0) is 36.5. The summed E-state index contributed by atoms with van der Waals surface area (Å²) in [5.74, 6) is -0.133. The minimum atomic E-state index is -0.859. The van der Waals surface area contributed by atoms with Crippen LogP contribution < -0.4 is 27.2 Å². The van der Waals surface area contributed by atoms with Crippen molar-refractivity contribution in [3.05, 3.63) is 124 Å². The molecular weight excluding hydrogens is 658 g/mol. The number of phenolic OH excluding ortho intramolecular Hbond substituents is 1. The van der Waals surface area contributed by atoms with E-state index in [9.17, 15) is 24.6 Å². The van der Waals surface area contributed by atoms with Gasteiger partial charge in [0, 0.05) is 48.3 Å². The van der Waals surface area contributed by atoms with Gasteiger partial charge < -0.3 is 36.3 Å². The molecule has 1 saturated carbocycles. The van der Waals surface area contributed by atoms with Crippen molar-refractivity contribution in [3.63, 3.8) is 0 Å². The van der Waals surface area contributed by atoms with Crippen molar-refractivity contribution in [2.75, 3.05) is 17.2 Å². The Labute approximate surface area is 302 Å². The number of rotatable bonds is 13. The summed E-state index contributed by atoms with van der Waals surface area (Å²) in [6, 6.07) is 29.5. The number of aliphatic hydroxyl groups excluding tert-OH is 1. The first-order chi connectivity index (χ1) is 25.2. The number of nitrogens with two attached hydrogens (primary N) is 1. The van der Waals surface area contributed by atoms with E-state index in [1.54, 1.807) is 12.1 Å². The number of anilines is 2. The molecule has 1 aliphatic rings. The van der Waals surface area contributed by atoms with E-state index in [-0.39, 0.29) is 35.9 Å². The maximum atomic E-state index is 12.8. The third-order valence-corrected chi connectivity index (χ3v) is 9.44. The maximum Gasteiger partial charge on any atom is 0.411 e. The van der Waals surface area contributed by atoms with E-state index < -0.39 is 12.2 Å². The number of carbonyl (C=O) groups is 2. The number of aliphatic hydroxyl groups is 1. The normalized spacial score (nSPS) is 16.3. The lowest BCUT2D eigenvalue weighted by Gasteiger charge is -2.26. The van der Waals surface area contributed by atoms with Gasteiger partial charge in [-0.2, -0.15) is 0 Å². The second kappa shape index (κ2) is 17.1. The Morgan fingerprint density at radius 3 is 2.40 bits per heavy atom. The lowest BCUT2D eigenvalue weighted by molar-refractivity contribution is -0.116. The van der Waals surface area contributed by atoms with Crippen LogP contribution in [0.15, 0.2) is 102 Å². The number of H-pyrrole nitrogens is 1. The van der Waals surface area contributed by atoms with Gasteiger partial charge in [0.1, 0.15) is 11.9 Å². The molecule has 5 aromatic rings. The summed E-state index contributed by atoms with van der Waals surface area (Å²) in [4.78, 5) is 39.9. The Morgan fingerprint density at radius 2 is 1.63 bits per heavy atom. The fourth-order valence-corrected chi connectivity index (χ4v) is 6.60. The zero-order valence-electron chi connectivity index (χ0n) is 28.9. The first-order valence-electron chi connectivity index (χ1n) is 17.8. The van der Waals surface area contributed by atoms with Crippen molar-refractivity contribution in [3.8, 4) is 16.9 Å². The van der Waals surface area contributed by atoms with Gasteiger partial charge in [0.05, 0.1) is 17.3 Å². The number of carbonyl (C=O) groups excluding carboxylic acids is 2. The van der Waals surface area contributed by atoms with E-state index in [1.165, 1.54) is 12.1 Å². The van der Waals surface area contributed by atoms with Gasteiger partial charge in [-0.1, -0.05) is 54.6 Å². The maximum absolute atomic E-state index is 12.8. The van der Waals surface area contributed by atoms with Crippen LogP contribution in [0.4, 0.5) is 16.2 Å². The largest absolute Gasteiger partial charge is 0.506 e. The van der Waals surface area contributed by atoms with Crippen LogP contribution in [-0.2, 0) is 22.5 Å². The van der Waals surface area contributed by atoms with Gasteiger partial charge in [0.15, 0.2) is 0 Å². The number of hydrogen-bond donors (Lipinski definition) is 7.